The smallest absolute Gasteiger partial charge is 0.150 e. The van der Waals surface area contributed by atoms with Gasteiger partial charge in [-0.2, -0.15) is 5.26 Å². The summed E-state index contributed by atoms with van der Waals surface area (Å²) in [5.41, 5.74) is 0.141. The van der Waals surface area contributed by atoms with Crippen molar-refractivity contribution in [3.8, 4) is 6.07 Å². The van der Waals surface area contributed by atoms with Gasteiger partial charge < -0.3 is 0 Å². The number of carbonyl (C=O) groups is 1. The van der Waals surface area contributed by atoms with Gasteiger partial charge in [-0.05, 0) is 17.8 Å². The highest BCUT2D eigenvalue weighted by atomic mass is 16.1. The summed E-state index contributed by atoms with van der Waals surface area (Å²) in [5.74, 6) is 0.0549. The third-order valence-electron chi connectivity index (χ3n) is 3.11. The maximum absolute atomic E-state index is 11.8. The fourth-order valence-electron chi connectivity index (χ4n) is 1.34. The van der Waals surface area contributed by atoms with E-state index in [0.29, 0.717) is 18.8 Å². The van der Waals surface area contributed by atoms with E-state index < -0.39 is 0 Å². The molecular formula is C13H23NO. The van der Waals surface area contributed by atoms with Gasteiger partial charge in [0.25, 0.3) is 0 Å². The van der Waals surface area contributed by atoms with Crippen LogP contribution < -0.4 is 0 Å². The molecule has 2 atom stereocenters. The first-order valence-electron chi connectivity index (χ1n) is 5.75. The Hall–Kier alpha value is -0.840. The van der Waals surface area contributed by atoms with Gasteiger partial charge in [0.2, 0.25) is 0 Å². The van der Waals surface area contributed by atoms with Crippen LogP contribution in [0.4, 0.5) is 0 Å². The van der Waals surface area contributed by atoms with Crippen LogP contribution >= 0.6 is 0 Å². The fraction of sp³-hybridized carbons (Fsp3) is 0.846. The lowest BCUT2D eigenvalue weighted by Crippen LogP contribution is -2.23. The highest BCUT2D eigenvalue weighted by Crippen LogP contribution is 2.29. The maximum atomic E-state index is 11.8. The molecule has 0 fully saturated rings. The van der Waals surface area contributed by atoms with E-state index in [-0.39, 0.29) is 17.1 Å². The molecule has 0 radical (unpaired) electrons. The van der Waals surface area contributed by atoms with Crippen LogP contribution in [-0.4, -0.2) is 5.78 Å². The van der Waals surface area contributed by atoms with Gasteiger partial charge in [0.15, 0.2) is 0 Å². The van der Waals surface area contributed by atoms with Gasteiger partial charge in [-0.15, -0.1) is 0 Å². The number of rotatable bonds is 5. The van der Waals surface area contributed by atoms with Gasteiger partial charge in [-0.25, -0.2) is 0 Å². The van der Waals surface area contributed by atoms with Crippen LogP contribution in [0, 0.1) is 28.6 Å². The third-order valence-corrected chi connectivity index (χ3v) is 3.11. The van der Waals surface area contributed by atoms with E-state index >= 15 is 0 Å². The van der Waals surface area contributed by atoms with Crippen molar-refractivity contribution in [2.24, 2.45) is 17.3 Å². The van der Waals surface area contributed by atoms with Crippen LogP contribution in [0.2, 0.25) is 0 Å². The predicted molar refractivity (Wildman–Crippen MR) is 62.3 cm³/mol. The lowest BCUT2D eigenvalue weighted by atomic mass is 9.77. The number of carbonyl (C=O) groups excluding carboxylic acids is 1. The minimum Gasteiger partial charge on any atom is -0.298 e. The lowest BCUT2D eigenvalue weighted by Gasteiger charge is -2.27. The van der Waals surface area contributed by atoms with Crippen LogP contribution in [0.15, 0.2) is 0 Å². The zero-order chi connectivity index (χ0) is 12.1. The molecular weight excluding hydrogens is 186 g/mol. The summed E-state index contributed by atoms with van der Waals surface area (Å²) in [7, 11) is 0. The molecule has 0 aliphatic rings. The Balaban J connectivity index is 4.30. The SMILES string of the molecule is CCCC(C#N)C(=O)CC(C)C(C)(C)C. The van der Waals surface area contributed by atoms with Crippen LogP contribution in [0.5, 0.6) is 0 Å². The maximum Gasteiger partial charge on any atom is 0.150 e. The van der Waals surface area contributed by atoms with E-state index in [1.807, 2.05) is 6.92 Å². The van der Waals surface area contributed by atoms with Gasteiger partial charge in [-0.3, -0.25) is 4.79 Å². The van der Waals surface area contributed by atoms with Crippen LogP contribution in [0.3, 0.4) is 0 Å². The molecule has 0 N–H and O–H groups in total. The second-order valence-electron chi connectivity index (χ2n) is 5.41. The molecule has 0 bridgehead atoms. The first-order valence-corrected chi connectivity index (χ1v) is 5.75. The molecule has 0 aliphatic heterocycles. The molecule has 2 nitrogen and oxygen atoms in total. The minimum atomic E-state index is -0.389. The van der Waals surface area contributed by atoms with Crippen molar-refractivity contribution in [3.05, 3.63) is 0 Å². The average Bonchev–Trinajstić information content (AvgIpc) is 2.12. The summed E-state index contributed by atoms with van der Waals surface area (Å²) in [6.45, 7) is 10.5. The molecule has 2 unspecified atom stereocenters. The molecule has 0 spiro atoms. The van der Waals surface area contributed by atoms with Crippen LogP contribution in [-0.2, 0) is 4.79 Å². The number of hydrogen-bond acceptors (Lipinski definition) is 2. The van der Waals surface area contributed by atoms with Crippen molar-refractivity contribution in [2.45, 2.75) is 53.9 Å². The molecule has 0 amide bonds. The number of Topliss-reactive ketones (excluding diaryl/α,β-unsaturated/α-hetero) is 1. The van der Waals surface area contributed by atoms with Gasteiger partial charge >= 0.3 is 0 Å². The lowest BCUT2D eigenvalue weighted by molar-refractivity contribution is -0.123. The van der Waals surface area contributed by atoms with Crippen molar-refractivity contribution in [1.82, 2.24) is 0 Å². The van der Waals surface area contributed by atoms with Crippen LogP contribution in [0.25, 0.3) is 0 Å². The van der Waals surface area contributed by atoms with Crippen molar-refractivity contribution in [1.29, 1.82) is 5.26 Å². The van der Waals surface area contributed by atoms with Crippen molar-refractivity contribution >= 4 is 5.78 Å². The largest absolute Gasteiger partial charge is 0.298 e. The molecule has 0 aromatic carbocycles. The monoisotopic (exact) mass is 209 g/mol. The second-order valence-corrected chi connectivity index (χ2v) is 5.41. The molecule has 0 saturated carbocycles. The molecule has 0 aromatic rings. The average molecular weight is 209 g/mol. The van der Waals surface area contributed by atoms with E-state index in [1.165, 1.54) is 0 Å². The third kappa shape index (κ3) is 4.97. The van der Waals surface area contributed by atoms with Gasteiger partial charge in [0.05, 0.1) is 6.07 Å². The van der Waals surface area contributed by atoms with Crippen molar-refractivity contribution in [2.75, 3.05) is 0 Å². The Bertz CT molecular complexity index is 244. The van der Waals surface area contributed by atoms with Crippen LogP contribution in [0.1, 0.15) is 53.9 Å². The zero-order valence-electron chi connectivity index (χ0n) is 10.6. The molecule has 0 saturated heterocycles. The van der Waals surface area contributed by atoms with Gasteiger partial charge in [0.1, 0.15) is 11.7 Å². The Morgan fingerprint density at radius 1 is 1.40 bits per heavy atom. The normalized spacial score (nSPS) is 15.5. The minimum absolute atomic E-state index is 0.113. The summed E-state index contributed by atoms with van der Waals surface area (Å²) in [5, 5.41) is 8.87. The summed E-state index contributed by atoms with van der Waals surface area (Å²) in [4.78, 5) is 11.8. The molecule has 15 heavy (non-hydrogen) atoms. The van der Waals surface area contributed by atoms with E-state index in [4.69, 9.17) is 5.26 Å². The number of nitriles is 1. The zero-order valence-corrected chi connectivity index (χ0v) is 10.6. The van der Waals surface area contributed by atoms with Gasteiger partial charge in [0, 0.05) is 6.42 Å². The molecule has 86 valence electrons. The first-order chi connectivity index (χ1) is 6.82. The Labute approximate surface area is 93.7 Å². The number of nitrogens with zero attached hydrogens (tertiary/aromatic N) is 1. The molecule has 2 heteroatoms. The molecule has 0 aromatic heterocycles. The summed E-state index contributed by atoms with van der Waals surface area (Å²) in [6, 6.07) is 2.11. The van der Waals surface area contributed by atoms with Crippen molar-refractivity contribution < 1.29 is 4.79 Å². The number of ketones is 1. The van der Waals surface area contributed by atoms with Crippen molar-refractivity contribution in [3.63, 3.8) is 0 Å². The Morgan fingerprint density at radius 3 is 2.27 bits per heavy atom. The summed E-state index contributed by atoms with van der Waals surface area (Å²) < 4.78 is 0. The Morgan fingerprint density at radius 2 is 1.93 bits per heavy atom. The molecule has 0 rings (SSSR count). The van der Waals surface area contributed by atoms with E-state index in [0.717, 1.165) is 6.42 Å². The van der Waals surface area contributed by atoms with Gasteiger partial charge in [-0.1, -0.05) is 41.0 Å². The topological polar surface area (TPSA) is 40.9 Å². The molecule has 0 heterocycles. The van der Waals surface area contributed by atoms with E-state index in [1.54, 1.807) is 0 Å². The summed E-state index contributed by atoms with van der Waals surface area (Å²) >= 11 is 0. The first kappa shape index (κ1) is 14.2. The second kappa shape index (κ2) is 5.90. The quantitative estimate of drug-likeness (QED) is 0.694. The highest BCUT2D eigenvalue weighted by Gasteiger charge is 2.26. The predicted octanol–water partition coefficient (Wildman–Crippen LogP) is 3.57. The standard InChI is InChI=1S/C13H23NO/c1-6-7-11(9-14)12(15)8-10(2)13(3,4)5/h10-11H,6-8H2,1-5H3. The van der Waals surface area contributed by atoms with E-state index in [9.17, 15) is 4.79 Å². The highest BCUT2D eigenvalue weighted by molar-refractivity contribution is 5.83. The molecule has 0 aliphatic carbocycles. The number of hydrogen-bond donors (Lipinski definition) is 0. The van der Waals surface area contributed by atoms with E-state index in [2.05, 4.69) is 33.8 Å². The Kier molecular flexibility index (Phi) is 5.57. The summed E-state index contributed by atoms with van der Waals surface area (Å²) in [6.07, 6.45) is 2.13. The fourth-order valence-corrected chi connectivity index (χ4v) is 1.34.